The lowest BCUT2D eigenvalue weighted by atomic mass is 9.90. The second-order valence-corrected chi connectivity index (χ2v) is 16.9. The summed E-state index contributed by atoms with van der Waals surface area (Å²) in [7, 11) is 0. The molecule has 0 spiro atoms. The second kappa shape index (κ2) is 13.3. The molecule has 0 saturated carbocycles. The standard InChI is InChI=1S/C58H45N/c1-34-26-36(3)57(37(4)27-34)42-20-24-55-53(31-42)54-32-43(58-38(5)28-35(2)29-39(58)6)21-25-56(54)59(55)44-22-18-40(19-23-44)45-17-11-12-41-30-51-48-15-9-7-13-46(48)47-14-8-10-16-49(47)52(51)33-50(41)45/h7-33H,1-6H3. The van der Waals surface area contributed by atoms with Crippen LogP contribution in [0.4, 0.5) is 0 Å². The highest BCUT2D eigenvalue weighted by molar-refractivity contribution is 6.27. The monoisotopic (exact) mass is 755 g/mol. The zero-order valence-electron chi connectivity index (χ0n) is 34.5. The van der Waals surface area contributed by atoms with Crippen molar-refractivity contribution in [2.24, 2.45) is 0 Å². The van der Waals surface area contributed by atoms with Crippen LogP contribution in [0.15, 0.2) is 164 Å². The number of fused-ring (bicyclic) bond motifs is 10. The van der Waals surface area contributed by atoms with Crippen LogP contribution in [0.1, 0.15) is 33.4 Å². The van der Waals surface area contributed by atoms with Crippen molar-refractivity contribution in [3.63, 3.8) is 0 Å². The van der Waals surface area contributed by atoms with Gasteiger partial charge in [0.25, 0.3) is 0 Å². The highest BCUT2D eigenvalue weighted by Gasteiger charge is 2.18. The number of rotatable bonds is 4. The summed E-state index contributed by atoms with van der Waals surface area (Å²) in [4.78, 5) is 0. The van der Waals surface area contributed by atoms with Crippen molar-refractivity contribution in [1.29, 1.82) is 0 Å². The minimum Gasteiger partial charge on any atom is -0.309 e. The number of benzene rings is 10. The number of hydrogen-bond donors (Lipinski definition) is 0. The average Bonchev–Trinajstić information content (AvgIpc) is 3.55. The van der Waals surface area contributed by atoms with Gasteiger partial charge in [0.05, 0.1) is 11.0 Å². The molecule has 10 aromatic carbocycles. The van der Waals surface area contributed by atoms with Gasteiger partial charge in [0.1, 0.15) is 0 Å². The van der Waals surface area contributed by atoms with E-state index in [4.69, 9.17) is 0 Å². The number of hydrogen-bond acceptors (Lipinski definition) is 0. The largest absolute Gasteiger partial charge is 0.309 e. The lowest BCUT2D eigenvalue weighted by Crippen LogP contribution is -1.95. The molecule has 1 heterocycles. The lowest BCUT2D eigenvalue weighted by molar-refractivity contribution is 1.18. The zero-order chi connectivity index (χ0) is 40.1. The molecule has 0 aliphatic rings. The Hall–Kier alpha value is -6.96. The van der Waals surface area contributed by atoms with Gasteiger partial charge in [0.15, 0.2) is 0 Å². The van der Waals surface area contributed by atoms with E-state index < -0.39 is 0 Å². The van der Waals surface area contributed by atoms with Crippen LogP contribution in [0.3, 0.4) is 0 Å². The normalized spacial score (nSPS) is 11.9. The van der Waals surface area contributed by atoms with Crippen molar-refractivity contribution in [3.05, 3.63) is 197 Å². The van der Waals surface area contributed by atoms with Crippen LogP contribution in [0, 0.1) is 41.5 Å². The molecule has 59 heavy (non-hydrogen) atoms. The Bertz CT molecular complexity index is 3380. The van der Waals surface area contributed by atoms with Crippen LogP contribution < -0.4 is 0 Å². The maximum atomic E-state index is 2.46. The minimum absolute atomic E-state index is 1.16. The predicted octanol–water partition coefficient (Wildman–Crippen LogP) is 16.2. The summed E-state index contributed by atoms with van der Waals surface area (Å²) < 4.78 is 2.46. The van der Waals surface area contributed by atoms with E-state index in [1.807, 2.05) is 0 Å². The lowest BCUT2D eigenvalue weighted by Gasteiger charge is -2.14. The van der Waals surface area contributed by atoms with Crippen molar-refractivity contribution in [2.45, 2.75) is 41.5 Å². The first-order valence-corrected chi connectivity index (χ1v) is 20.8. The van der Waals surface area contributed by atoms with Crippen LogP contribution in [0.25, 0.3) is 104 Å². The van der Waals surface area contributed by atoms with Gasteiger partial charge in [0, 0.05) is 16.5 Å². The van der Waals surface area contributed by atoms with Crippen LogP contribution in [-0.2, 0) is 0 Å². The van der Waals surface area contributed by atoms with Crippen molar-refractivity contribution < 1.29 is 0 Å². The third kappa shape index (κ3) is 5.53. The highest BCUT2D eigenvalue weighted by Crippen LogP contribution is 2.42. The molecular formula is C58H45N. The van der Waals surface area contributed by atoms with Crippen LogP contribution >= 0.6 is 0 Å². The molecule has 0 saturated heterocycles. The molecule has 0 amide bonds. The van der Waals surface area contributed by atoms with Gasteiger partial charge in [0.2, 0.25) is 0 Å². The summed E-state index contributed by atoms with van der Waals surface area (Å²) in [5, 5.41) is 12.9. The maximum absolute atomic E-state index is 2.46. The van der Waals surface area contributed by atoms with E-state index in [-0.39, 0.29) is 0 Å². The van der Waals surface area contributed by atoms with Gasteiger partial charge in [-0.1, -0.05) is 126 Å². The topological polar surface area (TPSA) is 4.93 Å². The molecule has 1 aromatic heterocycles. The van der Waals surface area contributed by atoms with Gasteiger partial charge >= 0.3 is 0 Å². The van der Waals surface area contributed by atoms with E-state index in [1.165, 1.54) is 132 Å². The van der Waals surface area contributed by atoms with Crippen LogP contribution in [0.2, 0.25) is 0 Å². The molecule has 0 aliphatic heterocycles. The van der Waals surface area contributed by atoms with E-state index in [9.17, 15) is 0 Å². The number of aryl methyl sites for hydroxylation is 6. The molecule has 11 rings (SSSR count). The molecule has 0 unspecified atom stereocenters. The molecule has 0 radical (unpaired) electrons. The van der Waals surface area contributed by atoms with E-state index in [1.54, 1.807) is 0 Å². The summed E-state index contributed by atoms with van der Waals surface area (Å²) in [6.45, 7) is 13.4. The molecule has 11 aromatic rings. The Kier molecular flexibility index (Phi) is 7.94. The molecule has 0 N–H and O–H groups in total. The summed E-state index contributed by atoms with van der Waals surface area (Å²) in [6, 6.07) is 61.9. The van der Waals surface area contributed by atoms with Crippen molar-refractivity contribution in [2.75, 3.05) is 0 Å². The fraction of sp³-hybridized carbons (Fsp3) is 0.103. The van der Waals surface area contributed by atoms with E-state index >= 15 is 0 Å². The van der Waals surface area contributed by atoms with Gasteiger partial charge in [-0.25, -0.2) is 0 Å². The number of aromatic nitrogens is 1. The maximum Gasteiger partial charge on any atom is 0.0541 e. The molecular weight excluding hydrogens is 711 g/mol. The zero-order valence-corrected chi connectivity index (χ0v) is 34.5. The minimum atomic E-state index is 1.16. The SMILES string of the molecule is Cc1cc(C)c(-c2ccc3c(c2)c2cc(-c4c(C)cc(C)cc4C)ccc2n3-c2ccc(-c3cccc4cc5c6ccccc6c6ccccc6c5cc34)cc2)c(C)c1. The van der Waals surface area contributed by atoms with E-state index in [0.29, 0.717) is 0 Å². The first-order valence-electron chi connectivity index (χ1n) is 20.8. The third-order valence-corrected chi connectivity index (χ3v) is 12.9. The van der Waals surface area contributed by atoms with E-state index in [2.05, 4.69) is 210 Å². The molecule has 282 valence electrons. The second-order valence-electron chi connectivity index (χ2n) is 16.9. The van der Waals surface area contributed by atoms with E-state index in [0.717, 1.165) is 5.69 Å². The van der Waals surface area contributed by atoms with Gasteiger partial charge < -0.3 is 4.57 Å². The van der Waals surface area contributed by atoms with Gasteiger partial charge in [-0.15, -0.1) is 0 Å². The Morgan fingerprint density at radius 2 is 0.746 bits per heavy atom. The summed E-state index contributed by atoms with van der Waals surface area (Å²) in [6.07, 6.45) is 0. The Labute approximate surface area is 345 Å². The van der Waals surface area contributed by atoms with Crippen LogP contribution in [-0.4, -0.2) is 4.57 Å². The first-order chi connectivity index (χ1) is 28.7. The van der Waals surface area contributed by atoms with Crippen molar-refractivity contribution in [1.82, 2.24) is 4.57 Å². The highest BCUT2D eigenvalue weighted by atomic mass is 15.0. The molecule has 0 aliphatic carbocycles. The third-order valence-electron chi connectivity index (χ3n) is 12.9. The summed E-state index contributed by atoms with van der Waals surface area (Å²) in [5.41, 5.74) is 19.1. The average molecular weight is 756 g/mol. The quantitative estimate of drug-likeness (QED) is 0.125. The molecule has 1 heteroatoms. The molecule has 0 fully saturated rings. The van der Waals surface area contributed by atoms with Gasteiger partial charge in [-0.2, -0.15) is 0 Å². The molecule has 1 nitrogen and oxygen atoms in total. The fourth-order valence-corrected chi connectivity index (χ4v) is 10.6. The Morgan fingerprint density at radius 1 is 0.305 bits per heavy atom. The fourth-order valence-electron chi connectivity index (χ4n) is 10.6. The first kappa shape index (κ1) is 35.2. The molecule has 0 bridgehead atoms. The summed E-state index contributed by atoms with van der Waals surface area (Å²) >= 11 is 0. The predicted molar refractivity (Wildman–Crippen MR) is 256 cm³/mol. The van der Waals surface area contributed by atoms with Crippen LogP contribution in [0.5, 0.6) is 0 Å². The number of nitrogens with zero attached hydrogens (tertiary/aromatic N) is 1. The van der Waals surface area contributed by atoms with Gasteiger partial charge in [-0.3, -0.25) is 0 Å². The van der Waals surface area contributed by atoms with Crippen molar-refractivity contribution >= 4 is 64.9 Å². The smallest absolute Gasteiger partial charge is 0.0541 e. The Balaban J connectivity index is 1.09. The molecule has 0 atom stereocenters. The van der Waals surface area contributed by atoms with Gasteiger partial charge in [-0.05, 0) is 189 Å². The Morgan fingerprint density at radius 3 is 1.24 bits per heavy atom. The summed E-state index contributed by atoms with van der Waals surface area (Å²) in [5.74, 6) is 0. The van der Waals surface area contributed by atoms with Crippen molar-refractivity contribution in [3.8, 4) is 39.1 Å².